The highest BCUT2D eigenvalue weighted by Gasteiger charge is 2.20. The van der Waals surface area contributed by atoms with Crippen molar-refractivity contribution in [2.75, 3.05) is 0 Å². The maximum Gasteiger partial charge on any atom is 0.299 e. The van der Waals surface area contributed by atoms with Crippen LogP contribution in [0.2, 0.25) is 0 Å². The summed E-state index contributed by atoms with van der Waals surface area (Å²) in [6.07, 6.45) is 0. The summed E-state index contributed by atoms with van der Waals surface area (Å²) in [5.74, 6) is 0. The molecule has 3 aromatic heterocycles. The maximum absolute atomic E-state index is 13.9. The molecule has 0 atom stereocenters. The van der Waals surface area contributed by atoms with Crippen LogP contribution in [0.15, 0.2) is 98.6 Å². The molecule has 0 N–H and O–H groups in total. The molecule has 7 aromatic rings. The predicted molar refractivity (Wildman–Crippen MR) is 131 cm³/mol. The minimum atomic E-state index is -0.191. The van der Waals surface area contributed by atoms with Crippen LogP contribution in [0.25, 0.3) is 55.3 Å². The number of halogens is 1. The molecule has 0 aliphatic rings. The van der Waals surface area contributed by atoms with Crippen molar-refractivity contribution in [1.82, 2.24) is 14.0 Å². The van der Waals surface area contributed by atoms with Gasteiger partial charge in [-0.1, -0.05) is 58.4 Å². The van der Waals surface area contributed by atoms with Gasteiger partial charge in [-0.25, -0.2) is 4.98 Å². The number of furan rings is 1. The van der Waals surface area contributed by atoms with E-state index in [1.807, 2.05) is 89.3 Å². The second-order valence-corrected chi connectivity index (χ2v) is 8.70. The van der Waals surface area contributed by atoms with Crippen molar-refractivity contribution < 1.29 is 4.42 Å². The Morgan fingerprint density at radius 1 is 0.781 bits per heavy atom. The molecule has 152 valence electrons. The SMILES string of the molecule is O=c1c2nc3ccccc3n2c2cc(Br)ccc2n1-c1cccc2c1oc1ccccc12. The number of rotatable bonds is 1. The summed E-state index contributed by atoms with van der Waals surface area (Å²) in [4.78, 5) is 18.6. The van der Waals surface area contributed by atoms with Crippen molar-refractivity contribution in [2.45, 2.75) is 0 Å². The normalized spacial score (nSPS) is 12.0. The number of hydrogen-bond donors (Lipinski definition) is 0. The summed E-state index contributed by atoms with van der Waals surface area (Å²) in [6, 6.07) is 27.6. The van der Waals surface area contributed by atoms with Gasteiger partial charge >= 0.3 is 0 Å². The highest BCUT2D eigenvalue weighted by Crippen LogP contribution is 2.34. The van der Waals surface area contributed by atoms with Crippen LogP contribution in [0.3, 0.4) is 0 Å². The van der Waals surface area contributed by atoms with Crippen LogP contribution in [0.5, 0.6) is 0 Å². The Bertz CT molecular complexity index is 1930. The Balaban J connectivity index is 1.73. The van der Waals surface area contributed by atoms with E-state index in [-0.39, 0.29) is 5.56 Å². The molecule has 0 saturated carbocycles. The van der Waals surface area contributed by atoms with Crippen LogP contribution in [0.1, 0.15) is 0 Å². The molecule has 4 aromatic carbocycles. The fraction of sp³-hybridized carbons (Fsp3) is 0. The molecule has 6 heteroatoms. The van der Waals surface area contributed by atoms with Gasteiger partial charge in [0.15, 0.2) is 5.58 Å². The van der Waals surface area contributed by atoms with E-state index >= 15 is 0 Å². The summed E-state index contributed by atoms with van der Waals surface area (Å²) in [5, 5.41) is 2.00. The first kappa shape index (κ1) is 17.7. The number of aromatic nitrogens is 3. The summed E-state index contributed by atoms with van der Waals surface area (Å²) in [5.41, 5.74) is 5.71. The largest absolute Gasteiger partial charge is 0.454 e. The lowest BCUT2D eigenvalue weighted by atomic mass is 10.1. The molecule has 0 unspecified atom stereocenters. The van der Waals surface area contributed by atoms with Crippen molar-refractivity contribution in [3.05, 3.63) is 99.8 Å². The second-order valence-electron chi connectivity index (χ2n) is 7.79. The summed E-state index contributed by atoms with van der Waals surface area (Å²) in [7, 11) is 0. The van der Waals surface area contributed by atoms with Gasteiger partial charge in [0.1, 0.15) is 5.58 Å². The average Bonchev–Trinajstić information content (AvgIpc) is 3.39. The standard InChI is InChI=1S/C26H14BrN3O2/c27-15-12-13-20-22(14-15)29-19-9-3-2-8-18(19)28-25(29)26(31)30(20)21-10-5-7-17-16-6-1-4-11-23(16)32-24(17)21/h1-14H. The van der Waals surface area contributed by atoms with Gasteiger partial charge in [-0.15, -0.1) is 0 Å². The maximum atomic E-state index is 13.9. The third kappa shape index (κ3) is 2.27. The highest BCUT2D eigenvalue weighted by molar-refractivity contribution is 9.10. The third-order valence-electron chi connectivity index (χ3n) is 6.00. The van der Waals surface area contributed by atoms with E-state index in [9.17, 15) is 4.79 Å². The molecule has 0 spiro atoms. The first-order valence-electron chi connectivity index (χ1n) is 10.2. The average molecular weight is 480 g/mol. The molecule has 0 fully saturated rings. The number of nitrogens with zero attached hydrogens (tertiary/aromatic N) is 3. The Morgan fingerprint density at radius 2 is 1.59 bits per heavy atom. The van der Waals surface area contributed by atoms with E-state index in [0.29, 0.717) is 16.9 Å². The van der Waals surface area contributed by atoms with Gasteiger partial charge in [0.05, 0.1) is 27.8 Å². The Labute approximate surface area is 189 Å². The van der Waals surface area contributed by atoms with E-state index in [1.54, 1.807) is 4.57 Å². The number of hydrogen-bond acceptors (Lipinski definition) is 3. The van der Waals surface area contributed by atoms with Crippen LogP contribution < -0.4 is 5.56 Å². The molecular weight excluding hydrogens is 466 g/mol. The molecule has 5 nitrogen and oxygen atoms in total. The van der Waals surface area contributed by atoms with Crippen molar-refractivity contribution in [1.29, 1.82) is 0 Å². The zero-order valence-electron chi connectivity index (χ0n) is 16.6. The van der Waals surface area contributed by atoms with Crippen molar-refractivity contribution in [3.8, 4) is 5.69 Å². The van der Waals surface area contributed by atoms with Gasteiger partial charge in [-0.3, -0.25) is 13.8 Å². The summed E-state index contributed by atoms with van der Waals surface area (Å²) < 4.78 is 10.8. The second kappa shape index (κ2) is 6.31. The van der Waals surface area contributed by atoms with Gasteiger partial charge < -0.3 is 4.42 Å². The first-order valence-corrected chi connectivity index (χ1v) is 11.0. The molecule has 7 rings (SSSR count). The van der Waals surface area contributed by atoms with Gasteiger partial charge in [-0.05, 0) is 42.5 Å². The van der Waals surface area contributed by atoms with E-state index < -0.39 is 0 Å². The lowest BCUT2D eigenvalue weighted by Crippen LogP contribution is -2.22. The monoisotopic (exact) mass is 479 g/mol. The summed E-state index contributed by atoms with van der Waals surface area (Å²) in [6.45, 7) is 0. The van der Waals surface area contributed by atoms with Crippen LogP contribution in [0.4, 0.5) is 0 Å². The number of para-hydroxylation sites is 4. The van der Waals surface area contributed by atoms with E-state index in [0.717, 1.165) is 42.9 Å². The lowest BCUT2D eigenvalue weighted by molar-refractivity contribution is 0.665. The van der Waals surface area contributed by atoms with Crippen LogP contribution in [-0.4, -0.2) is 14.0 Å². The fourth-order valence-electron chi connectivity index (χ4n) is 4.64. The van der Waals surface area contributed by atoms with Gasteiger partial charge in [0.2, 0.25) is 5.65 Å². The number of imidazole rings is 1. The van der Waals surface area contributed by atoms with E-state index in [1.165, 1.54) is 0 Å². The summed E-state index contributed by atoms with van der Waals surface area (Å²) >= 11 is 3.59. The smallest absolute Gasteiger partial charge is 0.299 e. The quantitative estimate of drug-likeness (QED) is 0.271. The van der Waals surface area contributed by atoms with Crippen LogP contribution in [-0.2, 0) is 0 Å². The Morgan fingerprint density at radius 3 is 2.53 bits per heavy atom. The van der Waals surface area contributed by atoms with Gasteiger partial charge in [-0.2, -0.15) is 0 Å². The third-order valence-corrected chi connectivity index (χ3v) is 6.49. The minimum absolute atomic E-state index is 0.191. The molecular formula is C26H14BrN3O2. The molecule has 0 radical (unpaired) electrons. The molecule has 3 heterocycles. The molecule has 0 aliphatic carbocycles. The zero-order valence-corrected chi connectivity index (χ0v) is 18.2. The topological polar surface area (TPSA) is 52.4 Å². The van der Waals surface area contributed by atoms with Gasteiger partial charge in [0.25, 0.3) is 5.56 Å². The van der Waals surface area contributed by atoms with E-state index in [2.05, 4.69) is 20.9 Å². The number of fused-ring (bicyclic) bond motifs is 8. The molecule has 0 amide bonds. The Hall–Kier alpha value is -3.90. The molecule has 0 bridgehead atoms. The van der Waals surface area contributed by atoms with Crippen molar-refractivity contribution in [3.63, 3.8) is 0 Å². The van der Waals surface area contributed by atoms with Crippen LogP contribution >= 0.6 is 15.9 Å². The predicted octanol–water partition coefficient (Wildman–Crippen LogP) is 6.45. The molecule has 32 heavy (non-hydrogen) atoms. The Kier molecular flexibility index (Phi) is 3.50. The fourth-order valence-corrected chi connectivity index (χ4v) is 4.98. The molecule has 0 aliphatic heterocycles. The lowest BCUT2D eigenvalue weighted by Gasteiger charge is -2.13. The van der Waals surface area contributed by atoms with Crippen LogP contribution in [0, 0.1) is 0 Å². The van der Waals surface area contributed by atoms with Crippen molar-refractivity contribution in [2.24, 2.45) is 0 Å². The van der Waals surface area contributed by atoms with Crippen molar-refractivity contribution >= 4 is 65.6 Å². The highest BCUT2D eigenvalue weighted by atomic mass is 79.9. The minimum Gasteiger partial charge on any atom is -0.454 e. The van der Waals surface area contributed by atoms with E-state index in [4.69, 9.17) is 4.42 Å². The zero-order chi connectivity index (χ0) is 21.4. The van der Waals surface area contributed by atoms with Gasteiger partial charge in [0, 0.05) is 15.2 Å². The number of benzene rings is 4. The first-order chi connectivity index (χ1) is 15.7. The molecule has 0 saturated heterocycles.